The minimum Gasteiger partial charge on any atom is -0.344 e. The van der Waals surface area contributed by atoms with E-state index in [1.54, 1.807) is 11.9 Å². The summed E-state index contributed by atoms with van der Waals surface area (Å²) < 4.78 is 0. The molecule has 5 heteroatoms. The van der Waals surface area contributed by atoms with Crippen molar-refractivity contribution in [2.75, 3.05) is 26.0 Å². The highest BCUT2D eigenvalue weighted by Crippen LogP contribution is 2.29. The molecular formula is C10H20Cl2N2O. The predicted molar refractivity (Wildman–Crippen MR) is 65.5 cm³/mol. The van der Waals surface area contributed by atoms with Crippen LogP contribution in [-0.4, -0.2) is 41.7 Å². The molecular weight excluding hydrogens is 235 g/mol. The van der Waals surface area contributed by atoms with Crippen LogP contribution in [0.3, 0.4) is 0 Å². The molecule has 0 bridgehead atoms. The van der Waals surface area contributed by atoms with Gasteiger partial charge in [-0.25, -0.2) is 0 Å². The molecule has 0 fully saturated rings. The van der Waals surface area contributed by atoms with Crippen molar-refractivity contribution in [3.8, 4) is 0 Å². The van der Waals surface area contributed by atoms with Crippen molar-refractivity contribution in [3.63, 3.8) is 0 Å². The topological polar surface area (TPSA) is 46.3 Å². The van der Waals surface area contributed by atoms with Gasteiger partial charge in [0, 0.05) is 13.6 Å². The number of amides is 1. The molecule has 15 heavy (non-hydrogen) atoms. The molecule has 0 spiro atoms. The van der Waals surface area contributed by atoms with Gasteiger partial charge in [0.2, 0.25) is 5.91 Å². The minimum atomic E-state index is -0.995. The summed E-state index contributed by atoms with van der Waals surface area (Å²) in [7, 11) is 1.73. The van der Waals surface area contributed by atoms with E-state index in [0.29, 0.717) is 13.1 Å². The summed E-state index contributed by atoms with van der Waals surface area (Å²) in [6, 6.07) is 0. The Kier molecular flexibility index (Phi) is 6.57. The number of alkyl halides is 2. The molecule has 0 heterocycles. The van der Waals surface area contributed by atoms with E-state index in [1.165, 1.54) is 0 Å². The zero-order chi connectivity index (χ0) is 12.1. The normalized spacial score (nSPS) is 15.1. The predicted octanol–water partition coefficient (Wildman–Crippen LogP) is 1.67. The monoisotopic (exact) mass is 254 g/mol. The quantitative estimate of drug-likeness (QED) is 0.734. The lowest BCUT2D eigenvalue weighted by atomic mass is 9.95. The van der Waals surface area contributed by atoms with Crippen LogP contribution in [0.25, 0.3) is 0 Å². The molecule has 0 rings (SSSR count). The zero-order valence-electron chi connectivity index (χ0n) is 9.59. The third kappa shape index (κ3) is 3.82. The van der Waals surface area contributed by atoms with Crippen molar-refractivity contribution in [1.29, 1.82) is 0 Å². The first-order valence-electron chi connectivity index (χ1n) is 5.10. The van der Waals surface area contributed by atoms with E-state index in [-0.39, 0.29) is 17.7 Å². The van der Waals surface area contributed by atoms with Gasteiger partial charge in [0.1, 0.15) is 4.87 Å². The van der Waals surface area contributed by atoms with Crippen LogP contribution in [0.5, 0.6) is 0 Å². The lowest BCUT2D eigenvalue weighted by molar-refractivity contribution is -0.133. The molecule has 1 unspecified atom stereocenters. The van der Waals surface area contributed by atoms with Gasteiger partial charge in [-0.2, -0.15) is 0 Å². The molecule has 0 radical (unpaired) electrons. The molecule has 0 aliphatic heterocycles. The van der Waals surface area contributed by atoms with Gasteiger partial charge < -0.3 is 10.6 Å². The van der Waals surface area contributed by atoms with Gasteiger partial charge in [0.15, 0.2) is 0 Å². The Balaban J connectivity index is 4.51. The average molecular weight is 255 g/mol. The number of carbonyl (C=O) groups excluding carboxylic acids is 1. The van der Waals surface area contributed by atoms with E-state index in [9.17, 15) is 4.79 Å². The summed E-state index contributed by atoms with van der Waals surface area (Å²) in [6.45, 7) is 4.97. The highest BCUT2D eigenvalue weighted by molar-refractivity contribution is 6.39. The lowest BCUT2D eigenvalue weighted by Gasteiger charge is -2.32. The molecule has 0 aromatic heterocycles. The fourth-order valence-corrected chi connectivity index (χ4v) is 1.77. The highest BCUT2D eigenvalue weighted by Gasteiger charge is 2.40. The summed E-state index contributed by atoms with van der Waals surface area (Å²) in [6.07, 6.45) is 0.773. The number of carbonyl (C=O) groups is 1. The van der Waals surface area contributed by atoms with Crippen molar-refractivity contribution in [2.45, 2.75) is 25.1 Å². The van der Waals surface area contributed by atoms with Crippen molar-refractivity contribution in [1.82, 2.24) is 4.90 Å². The van der Waals surface area contributed by atoms with E-state index < -0.39 is 4.87 Å². The fraction of sp³-hybridized carbons (Fsp3) is 0.900. The van der Waals surface area contributed by atoms with Crippen LogP contribution in [-0.2, 0) is 4.79 Å². The van der Waals surface area contributed by atoms with Crippen LogP contribution in [0.1, 0.15) is 20.3 Å². The van der Waals surface area contributed by atoms with Crippen LogP contribution in [0, 0.1) is 5.92 Å². The van der Waals surface area contributed by atoms with E-state index in [2.05, 4.69) is 0 Å². The molecule has 0 aromatic carbocycles. The maximum atomic E-state index is 12.0. The first kappa shape index (κ1) is 15.0. The molecule has 0 aromatic rings. The summed E-state index contributed by atoms with van der Waals surface area (Å²) >= 11 is 12.0. The molecule has 1 amide bonds. The van der Waals surface area contributed by atoms with Crippen molar-refractivity contribution < 1.29 is 4.79 Å². The largest absolute Gasteiger partial charge is 0.344 e. The highest BCUT2D eigenvalue weighted by atomic mass is 35.5. The molecule has 0 aliphatic carbocycles. The number of halogens is 2. The standard InChI is InChI=1S/C10H20Cl2N2O/c1-8(2)10(12,7-11)9(15)14(3)6-4-5-13/h8H,4-7,13H2,1-3H3. The molecule has 90 valence electrons. The maximum absolute atomic E-state index is 12.0. The summed E-state index contributed by atoms with van der Waals surface area (Å²) in [5.74, 6) is 0.00462. The molecule has 1 atom stereocenters. The van der Waals surface area contributed by atoms with Crippen molar-refractivity contribution >= 4 is 29.1 Å². The van der Waals surface area contributed by atoms with Gasteiger partial charge in [0.05, 0.1) is 5.88 Å². The summed E-state index contributed by atoms with van der Waals surface area (Å²) in [5.41, 5.74) is 5.38. The Bertz CT molecular complexity index is 212. The number of nitrogens with two attached hydrogens (primary N) is 1. The van der Waals surface area contributed by atoms with E-state index >= 15 is 0 Å². The summed E-state index contributed by atoms with van der Waals surface area (Å²) in [4.78, 5) is 12.6. The third-order valence-electron chi connectivity index (χ3n) is 2.51. The molecule has 2 N–H and O–H groups in total. The smallest absolute Gasteiger partial charge is 0.244 e. The van der Waals surface area contributed by atoms with Gasteiger partial charge in [-0.05, 0) is 18.9 Å². The van der Waals surface area contributed by atoms with Crippen LogP contribution < -0.4 is 5.73 Å². The number of hydrogen-bond acceptors (Lipinski definition) is 2. The van der Waals surface area contributed by atoms with Crippen molar-refractivity contribution in [2.24, 2.45) is 11.7 Å². The average Bonchev–Trinajstić information content (AvgIpc) is 2.23. The van der Waals surface area contributed by atoms with Gasteiger partial charge in [-0.15, -0.1) is 23.2 Å². The Morgan fingerprint density at radius 2 is 2.07 bits per heavy atom. The van der Waals surface area contributed by atoms with Crippen LogP contribution in [0.2, 0.25) is 0 Å². The van der Waals surface area contributed by atoms with Gasteiger partial charge >= 0.3 is 0 Å². The van der Waals surface area contributed by atoms with Crippen molar-refractivity contribution in [3.05, 3.63) is 0 Å². The van der Waals surface area contributed by atoms with E-state index in [0.717, 1.165) is 6.42 Å². The minimum absolute atomic E-state index is 0.00416. The molecule has 0 saturated heterocycles. The van der Waals surface area contributed by atoms with Gasteiger partial charge in [0.25, 0.3) is 0 Å². The molecule has 0 aliphatic rings. The molecule has 3 nitrogen and oxygen atoms in total. The zero-order valence-corrected chi connectivity index (χ0v) is 11.1. The second-order valence-electron chi connectivity index (χ2n) is 4.02. The second-order valence-corrected chi connectivity index (χ2v) is 4.96. The second kappa shape index (κ2) is 6.56. The van der Waals surface area contributed by atoms with Gasteiger partial charge in [-0.3, -0.25) is 4.79 Å². The van der Waals surface area contributed by atoms with Crippen LogP contribution in [0.15, 0.2) is 0 Å². The summed E-state index contributed by atoms with van der Waals surface area (Å²) in [5, 5.41) is 0. The Labute approximate surface area is 102 Å². The van der Waals surface area contributed by atoms with E-state index in [4.69, 9.17) is 28.9 Å². The fourth-order valence-electron chi connectivity index (χ4n) is 1.21. The Morgan fingerprint density at radius 3 is 2.40 bits per heavy atom. The van der Waals surface area contributed by atoms with Crippen LogP contribution in [0.4, 0.5) is 0 Å². The lowest BCUT2D eigenvalue weighted by Crippen LogP contribution is -2.48. The number of nitrogens with zero attached hydrogens (tertiary/aromatic N) is 1. The SMILES string of the molecule is CC(C)C(Cl)(CCl)C(=O)N(C)CCCN. The van der Waals surface area contributed by atoms with Crippen LogP contribution >= 0.6 is 23.2 Å². The maximum Gasteiger partial charge on any atom is 0.244 e. The first-order chi connectivity index (χ1) is 6.90. The Hall–Kier alpha value is 0.01000. The first-order valence-corrected chi connectivity index (χ1v) is 6.02. The number of rotatable bonds is 6. The van der Waals surface area contributed by atoms with E-state index in [1.807, 2.05) is 13.8 Å². The molecule has 0 saturated carbocycles. The third-order valence-corrected chi connectivity index (χ3v) is 3.80. The number of hydrogen-bond donors (Lipinski definition) is 1. The Morgan fingerprint density at radius 1 is 1.53 bits per heavy atom. The van der Waals surface area contributed by atoms with Gasteiger partial charge in [-0.1, -0.05) is 13.8 Å².